The van der Waals surface area contributed by atoms with Gasteiger partial charge in [0.25, 0.3) is 0 Å². The summed E-state index contributed by atoms with van der Waals surface area (Å²) in [5.41, 5.74) is 1.67. The van der Waals surface area contributed by atoms with E-state index in [1.807, 2.05) is 30.5 Å². The molecule has 0 aliphatic carbocycles. The lowest BCUT2D eigenvalue weighted by atomic mass is 10.2. The molecule has 24 heavy (non-hydrogen) atoms. The summed E-state index contributed by atoms with van der Waals surface area (Å²) in [6.45, 7) is 1.99. The fourth-order valence-electron chi connectivity index (χ4n) is 2.63. The maximum Gasteiger partial charge on any atom is 0.319 e. The number of carbonyl (C=O) groups is 1. The highest BCUT2D eigenvalue weighted by Gasteiger charge is 2.16. The van der Waals surface area contributed by atoms with Gasteiger partial charge in [-0.2, -0.15) is 5.10 Å². The van der Waals surface area contributed by atoms with E-state index >= 15 is 0 Å². The molecule has 1 aliphatic heterocycles. The minimum absolute atomic E-state index is 0.224. The normalized spacial score (nSPS) is 16.8. The molecule has 0 spiro atoms. The zero-order valence-corrected chi connectivity index (χ0v) is 13.7. The fourth-order valence-corrected chi connectivity index (χ4v) is 2.63. The van der Waals surface area contributed by atoms with Crippen molar-refractivity contribution in [2.75, 3.05) is 19.0 Å². The molecule has 1 atom stereocenters. The van der Waals surface area contributed by atoms with Crippen molar-refractivity contribution < 1.29 is 14.3 Å². The molecule has 0 radical (unpaired) electrons. The van der Waals surface area contributed by atoms with Crippen molar-refractivity contribution >= 4 is 11.7 Å². The van der Waals surface area contributed by atoms with Crippen LogP contribution in [0.3, 0.4) is 0 Å². The van der Waals surface area contributed by atoms with Crippen LogP contribution in [0.4, 0.5) is 10.5 Å². The van der Waals surface area contributed by atoms with Crippen LogP contribution in [0.1, 0.15) is 18.4 Å². The third kappa shape index (κ3) is 4.48. The number of anilines is 1. The van der Waals surface area contributed by atoms with Crippen LogP contribution in [0.5, 0.6) is 5.75 Å². The Morgan fingerprint density at radius 1 is 1.42 bits per heavy atom. The Labute approximate surface area is 140 Å². The van der Waals surface area contributed by atoms with Crippen LogP contribution >= 0.6 is 0 Å². The molecule has 1 aromatic carbocycles. The molecule has 2 heterocycles. The summed E-state index contributed by atoms with van der Waals surface area (Å²) in [6.07, 6.45) is 5.84. The first-order chi connectivity index (χ1) is 11.7. The van der Waals surface area contributed by atoms with E-state index in [0.717, 1.165) is 37.3 Å². The monoisotopic (exact) mass is 330 g/mol. The average Bonchev–Trinajstić information content (AvgIpc) is 3.26. The molecule has 0 bridgehead atoms. The highest BCUT2D eigenvalue weighted by atomic mass is 16.5. The van der Waals surface area contributed by atoms with Crippen molar-refractivity contribution in [3.05, 3.63) is 42.2 Å². The summed E-state index contributed by atoms with van der Waals surface area (Å²) in [4.78, 5) is 12.0. The number of methoxy groups -OCH3 is 1. The van der Waals surface area contributed by atoms with Crippen LogP contribution < -0.4 is 15.4 Å². The van der Waals surface area contributed by atoms with E-state index < -0.39 is 0 Å². The number of ether oxygens (including phenoxy) is 2. The maximum absolute atomic E-state index is 12.0. The van der Waals surface area contributed by atoms with Gasteiger partial charge in [0.15, 0.2) is 0 Å². The smallest absolute Gasteiger partial charge is 0.319 e. The Hall–Kier alpha value is -2.54. The minimum Gasteiger partial charge on any atom is -0.497 e. The van der Waals surface area contributed by atoms with Crippen molar-refractivity contribution in [2.24, 2.45) is 0 Å². The number of rotatable bonds is 6. The molecule has 1 aromatic heterocycles. The molecule has 7 nitrogen and oxygen atoms in total. The standard InChI is InChI=1S/C17H22N4O3/c1-23-15-6-4-13(5-7-15)9-18-17(22)20-14-10-19-21(11-14)12-16-3-2-8-24-16/h4-7,10-11,16H,2-3,8-9,12H2,1H3,(H2,18,20,22). The molecule has 2 N–H and O–H groups in total. The van der Waals surface area contributed by atoms with E-state index in [9.17, 15) is 4.79 Å². The van der Waals surface area contributed by atoms with Gasteiger partial charge >= 0.3 is 6.03 Å². The van der Waals surface area contributed by atoms with Gasteiger partial charge in [-0.05, 0) is 30.5 Å². The molecule has 1 aliphatic rings. The number of benzene rings is 1. The van der Waals surface area contributed by atoms with E-state index in [1.54, 1.807) is 18.0 Å². The number of urea groups is 1. The van der Waals surface area contributed by atoms with Crippen molar-refractivity contribution in [2.45, 2.75) is 32.0 Å². The van der Waals surface area contributed by atoms with E-state index in [-0.39, 0.29) is 12.1 Å². The summed E-state index contributed by atoms with van der Waals surface area (Å²) < 4.78 is 12.5. The Morgan fingerprint density at radius 2 is 2.25 bits per heavy atom. The number of aromatic nitrogens is 2. The van der Waals surface area contributed by atoms with Gasteiger partial charge in [-0.1, -0.05) is 12.1 Å². The van der Waals surface area contributed by atoms with Crippen LogP contribution in [-0.2, 0) is 17.8 Å². The zero-order chi connectivity index (χ0) is 16.8. The van der Waals surface area contributed by atoms with E-state index in [0.29, 0.717) is 12.2 Å². The lowest BCUT2D eigenvalue weighted by Crippen LogP contribution is -2.28. The van der Waals surface area contributed by atoms with E-state index in [4.69, 9.17) is 9.47 Å². The highest BCUT2D eigenvalue weighted by molar-refractivity contribution is 5.88. The number of hydrogen-bond donors (Lipinski definition) is 2. The third-order valence-electron chi connectivity index (χ3n) is 3.92. The maximum atomic E-state index is 12.0. The Bertz CT molecular complexity index is 663. The first-order valence-electron chi connectivity index (χ1n) is 8.05. The molecule has 2 aromatic rings. The largest absolute Gasteiger partial charge is 0.497 e. The first kappa shape index (κ1) is 16.3. The number of carbonyl (C=O) groups excluding carboxylic acids is 1. The van der Waals surface area contributed by atoms with Gasteiger partial charge in [0.1, 0.15) is 5.75 Å². The summed E-state index contributed by atoms with van der Waals surface area (Å²) in [5, 5.41) is 9.85. The van der Waals surface area contributed by atoms with Crippen LogP contribution in [0.25, 0.3) is 0 Å². The quantitative estimate of drug-likeness (QED) is 0.852. The van der Waals surface area contributed by atoms with E-state index in [1.165, 1.54) is 0 Å². The van der Waals surface area contributed by atoms with Crippen LogP contribution in [0, 0.1) is 0 Å². The molecule has 0 saturated carbocycles. The van der Waals surface area contributed by atoms with Crippen LogP contribution in [0.15, 0.2) is 36.7 Å². The van der Waals surface area contributed by atoms with Gasteiger partial charge in [0.05, 0.1) is 31.6 Å². The molecule has 3 rings (SSSR count). The van der Waals surface area contributed by atoms with Crippen molar-refractivity contribution in [3.8, 4) is 5.75 Å². The third-order valence-corrected chi connectivity index (χ3v) is 3.92. The number of amides is 2. The average molecular weight is 330 g/mol. The summed E-state index contributed by atoms with van der Waals surface area (Å²) in [7, 11) is 1.62. The molecule has 7 heteroatoms. The summed E-state index contributed by atoms with van der Waals surface area (Å²) in [5.74, 6) is 0.793. The topological polar surface area (TPSA) is 77.4 Å². The van der Waals surface area contributed by atoms with Gasteiger partial charge in [0.2, 0.25) is 0 Å². The second-order valence-corrected chi connectivity index (χ2v) is 5.74. The van der Waals surface area contributed by atoms with Crippen molar-refractivity contribution in [1.82, 2.24) is 15.1 Å². The van der Waals surface area contributed by atoms with E-state index in [2.05, 4.69) is 15.7 Å². The van der Waals surface area contributed by atoms with Gasteiger partial charge in [-0.3, -0.25) is 4.68 Å². The lowest BCUT2D eigenvalue weighted by molar-refractivity contribution is 0.0940. The molecular formula is C17H22N4O3. The SMILES string of the molecule is COc1ccc(CNC(=O)Nc2cnn(CC3CCCO3)c2)cc1. The zero-order valence-electron chi connectivity index (χ0n) is 13.7. The van der Waals surface area contributed by atoms with Crippen LogP contribution in [0.2, 0.25) is 0 Å². The number of hydrogen-bond acceptors (Lipinski definition) is 4. The van der Waals surface area contributed by atoms with Gasteiger partial charge < -0.3 is 20.1 Å². The first-order valence-corrected chi connectivity index (χ1v) is 8.05. The van der Waals surface area contributed by atoms with Gasteiger partial charge in [0, 0.05) is 19.3 Å². The summed E-state index contributed by atoms with van der Waals surface area (Å²) >= 11 is 0. The number of nitrogens with zero attached hydrogens (tertiary/aromatic N) is 2. The second kappa shape index (κ2) is 7.83. The minimum atomic E-state index is -0.262. The van der Waals surface area contributed by atoms with Crippen molar-refractivity contribution in [1.29, 1.82) is 0 Å². The Kier molecular flexibility index (Phi) is 5.32. The van der Waals surface area contributed by atoms with Crippen LogP contribution in [-0.4, -0.2) is 35.6 Å². The summed E-state index contributed by atoms with van der Waals surface area (Å²) in [6, 6.07) is 7.30. The molecule has 1 unspecified atom stereocenters. The van der Waals surface area contributed by atoms with Gasteiger partial charge in [-0.15, -0.1) is 0 Å². The Morgan fingerprint density at radius 3 is 2.96 bits per heavy atom. The molecule has 2 amide bonds. The highest BCUT2D eigenvalue weighted by Crippen LogP contribution is 2.15. The van der Waals surface area contributed by atoms with Gasteiger partial charge in [-0.25, -0.2) is 4.79 Å². The molecule has 1 fully saturated rings. The second-order valence-electron chi connectivity index (χ2n) is 5.74. The molecule has 128 valence electrons. The van der Waals surface area contributed by atoms with Crippen molar-refractivity contribution in [3.63, 3.8) is 0 Å². The predicted molar refractivity (Wildman–Crippen MR) is 90.1 cm³/mol. The molecular weight excluding hydrogens is 308 g/mol. The lowest BCUT2D eigenvalue weighted by Gasteiger charge is -2.08. The predicted octanol–water partition coefficient (Wildman–Crippen LogP) is 2.39. The molecule has 1 saturated heterocycles. The number of nitrogens with one attached hydrogen (secondary N) is 2. The fraction of sp³-hybridized carbons (Fsp3) is 0.412. The Balaban J connectivity index is 1.45.